The molecular formula is C14H17NO2. The molecule has 1 aromatic rings. The van der Waals surface area contributed by atoms with Gasteiger partial charge in [0.15, 0.2) is 0 Å². The lowest BCUT2D eigenvalue weighted by Gasteiger charge is -2.34. The smallest absolute Gasteiger partial charge is 0.223 e. The minimum atomic E-state index is 0.102. The minimum Gasteiger partial charge on any atom is -0.496 e. The number of hydrogen-bond donors (Lipinski definition) is 1. The molecule has 0 radical (unpaired) electrons. The van der Waals surface area contributed by atoms with E-state index in [9.17, 15) is 4.79 Å². The number of carbonyl (C=O) groups is 1. The first-order valence-electron chi connectivity index (χ1n) is 6.16. The standard InChI is InChI=1S/C14H17NO2/c1-17-12-5-3-2-4-11(12)14-7-6-10(8-14)13(16)15-9-14/h2-5,10H,6-9H2,1H3,(H,15,16). The lowest BCUT2D eigenvalue weighted by Crippen LogP contribution is -2.45. The van der Waals surface area contributed by atoms with Crippen LogP contribution in [0, 0.1) is 5.92 Å². The van der Waals surface area contributed by atoms with E-state index in [0.29, 0.717) is 0 Å². The molecule has 2 unspecified atom stereocenters. The van der Waals surface area contributed by atoms with Crippen LogP contribution in [0.4, 0.5) is 0 Å². The molecule has 90 valence electrons. The van der Waals surface area contributed by atoms with E-state index in [-0.39, 0.29) is 17.2 Å². The van der Waals surface area contributed by atoms with Crippen LogP contribution in [-0.2, 0) is 10.2 Å². The lowest BCUT2D eigenvalue weighted by atomic mass is 9.76. The Morgan fingerprint density at radius 2 is 2.24 bits per heavy atom. The maximum Gasteiger partial charge on any atom is 0.223 e. The number of para-hydroxylation sites is 1. The largest absolute Gasteiger partial charge is 0.496 e. The Balaban J connectivity index is 2.01. The van der Waals surface area contributed by atoms with Crippen molar-refractivity contribution >= 4 is 5.91 Å². The molecule has 2 fully saturated rings. The number of nitrogens with one attached hydrogen (secondary N) is 1. The van der Waals surface area contributed by atoms with Gasteiger partial charge in [0.2, 0.25) is 5.91 Å². The highest BCUT2D eigenvalue weighted by atomic mass is 16.5. The van der Waals surface area contributed by atoms with E-state index in [0.717, 1.165) is 31.6 Å². The summed E-state index contributed by atoms with van der Waals surface area (Å²) in [6, 6.07) is 8.19. The van der Waals surface area contributed by atoms with Crippen LogP contribution in [0.25, 0.3) is 0 Å². The van der Waals surface area contributed by atoms with Gasteiger partial charge in [0.25, 0.3) is 0 Å². The van der Waals surface area contributed by atoms with Gasteiger partial charge in [-0.2, -0.15) is 0 Å². The molecular weight excluding hydrogens is 214 g/mol. The topological polar surface area (TPSA) is 38.3 Å². The van der Waals surface area contributed by atoms with Crippen LogP contribution in [0.3, 0.4) is 0 Å². The fourth-order valence-corrected chi connectivity index (χ4v) is 3.33. The summed E-state index contributed by atoms with van der Waals surface area (Å²) in [7, 11) is 1.71. The Morgan fingerprint density at radius 3 is 3.06 bits per heavy atom. The molecule has 2 aliphatic rings. The van der Waals surface area contributed by atoms with Gasteiger partial charge in [-0.1, -0.05) is 18.2 Å². The van der Waals surface area contributed by atoms with Crippen molar-refractivity contribution in [3.63, 3.8) is 0 Å². The third-order valence-corrected chi connectivity index (χ3v) is 4.26. The van der Waals surface area contributed by atoms with Gasteiger partial charge in [-0.15, -0.1) is 0 Å². The predicted molar refractivity (Wildman–Crippen MR) is 65.0 cm³/mol. The van der Waals surface area contributed by atoms with Crippen LogP contribution in [0.1, 0.15) is 24.8 Å². The fourth-order valence-electron chi connectivity index (χ4n) is 3.33. The van der Waals surface area contributed by atoms with Crippen LogP contribution < -0.4 is 10.1 Å². The van der Waals surface area contributed by atoms with E-state index < -0.39 is 0 Å². The third-order valence-electron chi connectivity index (χ3n) is 4.26. The summed E-state index contributed by atoms with van der Waals surface area (Å²) in [5, 5.41) is 3.04. The summed E-state index contributed by atoms with van der Waals surface area (Å²) >= 11 is 0. The highest BCUT2D eigenvalue weighted by molar-refractivity contribution is 5.81. The Morgan fingerprint density at radius 1 is 1.41 bits per heavy atom. The average molecular weight is 231 g/mol. The van der Waals surface area contributed by atoms with Crippen LogP contribution in [0.5, 0.6) is 5.75 Å². The van der Waals surface area contributed by atoms with Crippen molar-refractivity contribution in [1.29, 1.82) is 0 Å². The van der Waals surface area contributed by atoms with Gasteiger partial charge in [0.1, 0.15) is 5.75 Å². The number of amides is 1. The normalized spacial score (nSPS) is 31.1. The zero-order valence-corrected chi connectivity index (χ0v) is 10.0. The monoisotopic (exact) mass is 231 g/mol. The summed E-state index contributed by atoms with van der Waals surface area (Å²) in [5.74, 6) is 1.38. The summed E-state index contributed by atoms with van der Waals surface area (Å²) in [6.45, 7) is 0.753. The molecule has 3 nitrogen and oxygen atoms in total. The maximum absolute atomic E-state index is 11.6. The highest BCUT2D eigenvalue weighted by Gasteiger charge is 2.48. The molecule has 1 amide bonds. The first kappa shape index (κ1) is 10.6. The Kier molecular flexibility index (Phi) is 2.35. The van der Waals surface area contributed by atoms with Crippen LogP contribution >= 0.6 is 0 Å². The quantitative estimate of drug-likeness (QED) is 0.843. The number of benzene rings is 1. The second kappa shape index (κ2) is 3.76. The molecule has 1 aromatic carbocycles. The van der Waals surface area contributed by atoms with E-state index in [1.807, 2.05) is 12.1 Å². The van der Waals surface area contributed by atoms with Gasteiger partial charge in [-0.3, -0.25) is 4.79 Å². The van der Waals surface area contributed by atoms with Crippen molar-refractivity contribution in [2.75, 3.05) is 13.7 Å². The Labute approximate surface area is 101 Å². The van der Waals surface area contributed by atoms with Crippen molar-refractivity contribution in [3.05, 3.63) is 29.8 Å². The zero-order valence-electron chi connectivity index (χ0n) is 10.0. The predicted octanol–water partition coefficient (Wildman–Crippen LogP) is 1.86. The van der Waals surface area contributed by atoms with Crippen molar-refractivity contribution < 1.29 is 9.53 Å². The molecule has 1 heterocycles. The molecule has 1 saturated heterocycles. The van der Waals surface area contributed by atoms with Crippen LogP contribution in [-0.4, -0.2) is 19.6 Å². The summed E-state index contributed by atoms with van der Waals surface area (Å²) in [6.07, 6.45) is 3.06. The lowest BCUT2D eigenvalue weighted by molar-refractivity contribution is -0.126. The molecule has 1 saturated carbocycles. The molecule has 3 heteroatoms. The average Bonchev–Trinajstić information content (AvgIpc) is 2.75. The van der Waals surface area contributed by atoms with Gasteiger partial charge in [0.05, 0.1) is 7.11 Å². The number of carbonyl (C=O) groups excluding carboxylic acids is 1. The molecule has 2 atom stereocenters. The molecule has 1 aliphatic carbocycles. The molecule has 17 heavy (non-hydrogen) atoms. The van der Waals surface area contributed by atoms with E-state index in [1.165, 1.54) is 5.56 Å². The van der Waals surface area contributed by atoms with Gasteiger partial charge in [-0.25, -0.2) is 0 Å². The Bertz CT molecular complexity index is 457. The fraction of sp³-hybridized carbons (Fsp3) is 0.500. The maximum atomic E-state index is 11.6. The zero-order chi connectivity index (χ0) is 11.9. The van der Waals surface area contributed by atoms with E-state index >= 15 is 0 Å². The van der Waals surface area contributed by atoms with Gasteiger partial charge >= 0.3 is 0 Å². The van der Waals surface area contributed by atoms with E-state index in [4.69, 9.17) is 4.74 Å². The highest BCUT2D eigenvalue weighted by Crippen LogP contribution is 2.48. The number of rotatable bonds is 2. The molecule has 2 bridgehead atoms. The van der Waals surface area contributed by atoms with E-state index in [1.54, 1.807) is 7.11 Å². The number of fused-ring (bicyclic) bond motifs is 2. The van der Waals surface area contributed by atoms with Gasteiger partial charge in [0, 0.05) is 23.4 Å². The summed E-state index contributed by atoms with van der Waals surface area (Å²) in [4.78, 5) is 11.6. The summed E-state index contributed by atoms with van der Waals surface area (Å²) in [5.41, 5.74) is 1.36. The van der Waals surface area contributed by atoms with Crippen LogP contribution in [0.15, 0.2) is 24.3 Å². The van der Waals surface area contributed by atoms with Crippen molar-refractivity contribution in [3.8, 4) is 5.75 Å². The SMILES string of the molecule is COc1ccccc1C12CCC(C1)C(=O)NC2. The first-order valence-corrected chi connectivity index (χ1v) is 6.16. The van der Waals surface area contributed by atoms with Gasteiger partial charge in [-0.05, 0) is 25.3 Å². The van der Waals surface area contributed by atoms with E-state index in [2.05, 4.69) is 17.4 Å². The molecule has 3 rings (SSSR count). The number of ether oxygens (including phenoxy) is 1. The Hall–Kier alpha value is -1.51. The number of piperidine rings is 1. The van der Waals surface area contributed by atoms with Gasteiger partial charge < -0.3 is 10.1 Å². The van der Waals surface area contributed by atoms with Crippen molar-refractivity contribution in [2.24, 2.45) is 5.92 Å². The molecule has 1 aliphatic heterocycles. The second-order valence-corrected chi connectivity index (χ2v) is 5.14. The third kappa shape index (κ3) is 1.53. The molecule has 1 N–H and O–H groups in total. The molecule has 0 aromatic heterocycles. The second-order valence-electron chi connectivity index (χ2n) is 5.14. The minimum absolute atomic E-state index is 0.102. The summed E-state index contributed by atoms with van der Waals surface area (Å²) < 4.78 is 5.46. The number of hydrogen-bond acceptors (Lipinski definition) is 2. The number of methoxy groups -OCH3 is 1. The van der Waals surface area contributed by atoms with Crippen LogP contribution in [0.2, 0.25) is 0 Å². The molecule has 0 spiro atoms. The van der Waals surface area contributed by atoms with Crippen molar-refractivity contribution in [1.82, 2.24) is 5.32 Å². The first-order chi connectivity index (χ1) is 8.25. The van der Waals surface area contributed by atoms with Crippen molar-refractivity contribution in [2.45, 2.75) is 24.7 Å².